The van der Waals surface area contributed by atoms with E-state index in [1.165, 1.54) is 0 Å². The highest BCUT2D eigenvalue weighted by atomic mass is 35.5. The van der Waals surface area contributed by atoms with Crippen molar-refractivity contribution in [2.45, 2.75) is 18.3 Å². The maximum absolute atomic E-state index is 11.4. The standard InChI is InChI=1S/C12H10ClNOS/c13-8-1-2-9-7(5-8)6-10(16-9)12(3-4-12)11(14)15/h1-2,5-6H,3-4H2,(H2,14,15). The van der Waals surface area contributed by atoms with E-state index < -0.39 is 0 Å². The van der Waals surface area contributed by atoms with Gasteiger partial charge in [0.25, 0.3) is 0 Å². The molecule has 82 valence electrons. The van der Waals surface area contributed by atoms with E-state index in [2.05, 4.69) is 0 Å². The fourth-order valence-electron chi connectivity index (χ4n) is 1.99. The predicted octanol–water partition coefficient (Wildman–Crippen LogP) is 3.07. The first-order valence-electron chi connectivity index (χ1n) is 5.11. The second-order valence-electron chi connectivity index (χ2n) is 4.24. The predicted molar refractivity (Wildman–Crippen MR) is 66.9 cm³/mol. The van der Waals surface area contributed by atoms with Gasteiger partial charge < -0.3 is 5.73 Å². The fraction of sp³-hybridized carbons (Fsp3) is 0.250. The summed E-state index contributed by atoms with van der Waals surface area (Å²) in [7, 11) is 0. The van der Waals surface area contributed by atoms with Gasteiger partial charge in [-0.2, -0.15) is 0 Å². The van der Waals surface area contributed by atoms with Gasteiger partial charge in [0.05, 0.1) is 5.41 Å². The number of hydrogen-bond acceptors (Lipinski definition) is 2. The molecule has 0 spiro atoms. The largest absolute Gasteiger partial charge is 0.369 e. The van der Waals surface area contributed by atoms with Crippen LogP contribution < -0.4 is 5.73 Å². The van der Waals surface area contributed by atoms with E-state index in [1.54, 1.807) is 11.3 Å². The summed E-state index contributed by atoms with van der Waals surface area (Å²) in [6, 6.07) is 7.83. The van der Waals surface area contributed by atoms with E-state index in [0.717, 1.165) is 32.8 Å². The van der Waals surface area contributed by atoms with Gasteiger partial charge in [-0.25, -0.2) is 0 Å². The van der Waals surface area contributed by atoms with Crippen LogP contribution in [0.25, 0.3) is 10.1 Å². The Morgan fingerprint density at radius 1 is 1.38 bits per heavy atom. The lowest BCUT2D eigenvalue weighted by atomic mass is 10.0. The molecule has 2 nitrogen and oxygen atoms in total. The first-order valence-corrected chi connectivity index (χ1v) is 6.31. The molecular weight excluding hydrogens is 242 g/mol. The number of amides is 1. The van der Waals surface area contributed by atoms with Crippen LogP contribution in [0.1, 0.15) is 17.7 Å². The lowest BCUT2D eigenvalue weighted by molar-refractivity contribution is -0.120. The molecule has 0 bridgehead atoms. The number of hydrogen-bond donors (Lipinski definition) is 1. The van der Waals surface area contributed by atoms with Gasteiger partial charge in [0.1, 0.15) is 0 Å². The van der Waals surface area contributed by atoms with Gasteiger partial charge in [-0.05, 0) is 42.5 Å². The molecule has 1 heterocycles. The van der Waals surface area contributed by atoms with Crippen molar-refractivity contribution in [2.24, 2.45) is 5.73 Å². The number of halogens is 1. The number of primary amides is 1. The molecule has 2 N–H and O–H groups in total. The van der Waals surface area contributed by atoms with Crippen LogP contribution in [0.2, 0.25) is 5.02 Å². The molecule has 0 saturated heterocycles. The molecule has 2 aromatic rings. The van der Waals surface area contributed by atoms with Crippen molar-refractivity contribution in [1.82, 2.24) is 0 Å². The quantitative estimate of drug-likeness (QED) is 0.876. The topological polar surface area (TPSA) is 43.1 Å². The molecule has 1 aromatic heterocycles. The smallest absolute Gasteiger partial charge is 0.228 e. The second kappa shape index (κ2) is 3.22. The van der Waals surface area contributed by atoms with Crippen LogP contribution in [0.4, 0.5) is 0 Å². The lowest BCUT2D eigenvalue weighted by Crippen LogP contribution is -2.27. The third-order valence-electron chi connectivity index (χ3n) is 3.17. The minimum atomic E-state index is -0.379. The van der Waals surface area contributed by atoms with Crippen LogP contribution in [0, 0.1) is 0 Å². The van der Waals surface area contributed by atoms with Crippen LogP contribution in [0.3, 0.4) is 0 Å². The van der Waals surface area contributed by atoms with Crippen LogP contribution in [-0.4, -0.2) is 5.91 Å². The highest BCUT2D eigenvalue weighted by Crippen LogP contribution is 2.51. The average molecular weight is 252 g/mol. The summed E-state index contributed by atoms with van der Waals surface area (Å²) in [5.74, 6) is -0.204. The van der Waals surface area contributed by atoms with Gasteiger partial charge in [0, 0.05) is 14.6 Å². The molecule has 3 rings (SSSR count). The summed E-state index contributed by atoms with van der Waals surface area (Å²) >= 11 is 7.58. The Bertz CT molecular complexity index is 586. The number of carbonyl (C=O) groups excluding carboxylic acids is 1. The third-order valence-corrected chi connectivity index (χ3v) is 4.73. The highest BCUT2D eigenvalue weighted by Gasteiger charge is 2.51. The molecule has 0 radical (unpaired) electrons. The molecule has 1 saturated carbocycles. The van der Waals surface area contributed by atoms with Crippen molar-refractivity contribution in [3.05, 3.63) is 34.2 Å². The Kier molecular flexibility index (Phi) is 2.03. The number of fused-ring (bicyclic) bond motifs is 1. The first kappa shape index (κ1) is 10.1. The maximum Gasteiger partial charge on any atom is 0.228 e. The molecule has 1 fully saturated rings. The number of rotatable bonds is 2. The van der Waals surface area contributed by atoms with Crippen molar-refractivity contribution in [2.75, 3.05) is 0 Å². The van der Waals surface area contributed by atoms with Gasteiger partial charge in [-0.1, -0.05) is 11.6 Å². The summed E-state index contributed by atoms with van der Waals surface area (Å²) in [6.07, 6.45) is 1.76. The Balaban J connectivity index is 2.16. The van der Waals surface area contributed by atoms with Crippen LogP contribution >= 0.6 is 22.9 Å². The van der Waals surface area contributed by atoms with E-state index in [0.29, 0.717) is 0 Å². The number of carbonyl (C=O) groups is 1. The number of nitrogens with two attached hydrogens (primary N) is 1. The summed E-state index contributed by atoms with van der Waals surface area (Å²) in [5, 5.41) is 1.82. The zero-order chi connectivity index (χ0) is 11.3. The maximum atomic E-state index is 11.4. The van der Waals surface area contributed by atoms with Gasteiger partial charge in [0.2, 0.25) is 5.91 Å². The number of benzene rings is 1. The molecule has 1 amide bonds. The average Bonchev–Trinajstić information content (AvgIpc) is 2.94. The van der Waals surface area contributed by atoms with Gasteiger partial charge >= 0.3 is 0 Å². The van der Waals surface area contributed by atoms with E-state index in [-0.39, 0.29) is 11.3 Å². The molecule has 16 heavy (non-hydrogen) atoms. The van der Waals surface area contributed by atoms with Gasteiger partial charge in [-0.15, -0.1) is 11.3 Å². The van der Waals surface area contributed by atoms with Crippen molar-refractivity contribution in [3.63, 3.8) is 0 Å². The first-order chi connectivity index (χ1) is 7.62. The van der Waals surface area contributed by atoms with E-state index in [1.807, 2.05) is 24.3 Å². The molecule has 1 aliphatic rings. The zero-order valence-corrected chi connectivity index (χ0v) is 10.1. The monoisotopic (exact) mass is 251 g/mol. The van der Waals surface area contributed by atoms with Gasteiger partial charge in [-0.3, -0.25) is 4.79 Å². The third kappa shape index (κ3) is 1.35. The van der Waals surface area contributed by atoms with Crippen molar-refractivity contribution < 1.29 is 4.79 Å². The summed E-state index contributed by atoms with van der Waals surface area (Å²) in [5.41, 5.74) is 5.08. The van der Waals surface area contributed by atoms with E-state index in [4.69, 9.17) is 17.3 Å². The van der Waals surface area contributed by atoms with Gasteiger partial charge in [0.15, 0.2) is 0 Å². The Hall–Kier alpha value is -1.06. The molecule has 0 atom stereocenters. The van der Waals surface area contributed by atoms with Crippen molar-refractivity contribution in [1.29, 1.82) is 0 Å². The second-order valence-corrected chi connectivity index (χ2v) is 5.76. The molecule has 4 heteroatoms. The molecule has 0 aliphatic heterocycles. The lowest BCUT2D eigenvalue weighted by Gasteiger charge is -2.06. The van der Waals surface area contributed by atoms with Crippen LogP contribution in [0.5, 0.6) is 0 Å². The van der Waals surface area contributed by atoms with E-state index >= 15 is 0 Å². The molecule has 1 aliphatic carbocycles. The Morgan fingerprint density at radius 3 is 2.75 bits per heavy atom. The van der Waals surface area contributed by atoms with E-state index in [9.17, 15) is 4.79 Å². The van der Waals surface area contributed by atoms with Crippen molar-refractivity contribution >= 4 is 38.9 Å². The summed E-state index contributed by atoms with van der Waals surface area (Å²) in [4.78, 5) is 12.5. The van der Waals surface area contributed by atoms with Crippen LogP contribution in [-0.2, 0) is 10.2 Å². The number of thiophene rings is 1. The fourth-order valence-corrected chi connectivity index (χ4v) is 3.46. The molecular formula is C12H10ClNOS. The molecule has 0 unspecified atom stereocenters. The minimum absolute atomic E-state index is 0.204. The summed E-state index contributed by atoms with van der Waals surface area (Å²) < 4.78 is 1.16. The SMILES string of the molecule is NC(=O)C1(c2cc3cc(Cl)ccc3s2)CC1. The van der Waals surface area contributed by atoms with Crippen molar-refractivity contribution in [3.8, 4) is 0 Å². The minimum Gasteiger partial charge on any atom is -0.369 e. The Labute approximate surface area is 102 Å². The van der Waals surface area contributed by atoms with Crippen LogP contribution in [0.15, 0.2) is 24.3 Å². The molecule has 1 aromatic carbocycles. The summed E-state index contributed by atoms with van der Waals surface area (Å²) in [6.45, 7) is 0. The highest BCUT2D eigenvalue weighted by molar-refractivity contribution is 7.19. The normalized spacial score (nSPS) is 17.6. The zero-order valence-electron chi connectivity index (χ0n) is 8.50. The Morgan fingerprint density at radius 2 is 2.12 bits per heavy atom.